The summed E-state index contributed by atoms with van der Waals surface area (Å²) in [6.07, 6.45) is 4.13. The van der Waals surface area contributed by atoms with E-state index in [9.17, 15) is 9.59 Å². The third-order valence-electron chi connectivity index (χ3n) is 5.48. The molecular formula is C18H28N4O3S. The van der Waals surface area contributed by atoms with Crippen molar-refractivity contribution in [1.29, 1.82) is 0 Å². The van der Waals surface area contributed by atoms with Crippen molar-refractivity contribution in [2.24, 2.45) is 5.41 Å². The van der Waals surface area contributed by atoms with Crippen LogP contribution in [0.3, 0.4) is 0 Å². The lowest BCUT2D eigenvalue weighted by Crippen LogP contribution is -2.50. The zero-order valence-electron chi connectivity index (χ0n) is 15.6. The quantitative estimate of drug-likeness (QED) is 0.760. The van der Waals surface area contributed by atoms with Crippen molar-refractivity contribution in [3.05, 3.63) is 10.6 Å². The number of piperidine rings is 1. The van der Waals surface area contributed by atoms with Crippen LogP contribution >= 0.6 is 11.3 Å². The van der Waals surface area contributed by atoms with E-state index in [-0.39, 0.29) is 11.8 Å². The predicted molar refractivity (Wildman–Crippen MR) is 101 cm³/mol. The number of ether oxygens (including phenoxy) is 1. The number of amides is 2. The van der Waals surface area contributed by atoms with Crippen LogP contribution in [0, 0.1) is 5.41 Å². The lowest BCUT2D eigenvalue weighted by molar-refractivity contribution is -0.145. The van der Waals surface area contributed by atoms with Crippen LogP contribution in [0.25, 0.3) is 0 Å². The van der Waals surface area contributed by atoms with Gasteiger partial charge >= 0.3 is 0 Å². The first-order valence-corrected chi connectivity index (χ1v) is 10.1. The molecule has 0 aromatic carbocycles. The highest BCUT2D eigenvalue weighted by atomic mass is 32.1. The minimum Gasteiger partial charge on any atom is -0.385 e. The Morgan fingerprint density at radius 3 is 2.92 bits per heavy atom. The molecule has 1 aromatic rings. The largest absolute Gasteiger partial charge is 0.385 e. The Bertz CT molecular complexity index is 677. The molecule has 0 bridgehead atoms. The molecule has 26 heavy (non-hydrogen) atoms. The molecule has 3 rings (SSSR count). The van der Waals surface area contributed by atoms with Crippen molar-refractivity contribution >= 4 is 28.3 Å². The summed E-state index contributed by atoms with van der Waals surface area (Å²) in [5, 5.41) is 0.428. The van der Waals surface area contributed by atoms with Gasteiger partial charge in [0.05, 0.1) is 11.1 Å². The number of anilines is 1. The van der Waals surface area contributed by atoms with Crippen LogP contribution in [-0.4, -0.2) is 66.5 Å². The maximum absolute atomic E-state index is 13.1. The van der Waals surface area contributed by atoms with E-state index in [1.54, 1.807) is 7.11 Å². The van der Waals surface area contributed by atoms with Crippen LogP contribution in [0.1, 0.15) is 48.0 Å². The molecule has 144 valence electrons. The average Bonchev–Trinajstić information content (AvgIpc) is 3.23. The number of hydrogen-bond donors (Lipinski definition) is 1. The van der Waals surface area contributed by atoms with Crippen molar-refractivity contribution < 1.29 is 14.3 Å². The summed E-state index contributed by atoms with van der Waals surface area (Å²) in [5.74, 6) is 0.173. The van der Waals surface area contributed by atoms with Gasteiger partial charge in [0.2, 0.25) is 5.91 Å². The zero-order valence-corrected chi connectivity index (χ0v) is 16.4. The minimum atomic E-state index is -0.413. The van der Waals surface area contributed by atoms with Crippen molar-refractivity contribution in [1.82, 2.24) is 14.8 Å². The maximum Gasteiger partial charge on any atom is 0.265 e. The predicted octanol–water partition coefficient (Wildman–Crippen LogP) is 1.78. The molecular weight excluding hydrogens is 352 g/mol. The minimum absolute atomic E-state index is 0.0303. The van der Waals surface area contributed by atoms with Gasteiger partial charge in [-0.2, -0.15) is 0 Å². The van der Waals surface area contributed by atoms with Gasteiger partial charge in [0.25, 0.3) is 5.91 Å². The van der Waals surface area contributed by atoms with Gasteiger partial charge < -0.3 is 20.3 Å². The highest BCUT2D eigenvalue weighted by molar-refractivity contribution is 7.17. The summed E-state index contributed by atoms with van der Waals surface area (Å²) in [6, 6.07) is 0. The Hall–Kier alpha value is -1.67. The lowest BCUT2D eigenvalue weighted by atomic mass is 9.78. The summed E-state index contributed by atoms with van der Waals surface area (Å²) >= 11 is 1.25. The average molecular weight is 381 g/mol. The lowest BCUT2D eigenvalue weighted by Gasteiger charge is -2.39. The number of hydrogen-bond acceptors (Lipinski definition) is 6. The van der Waals surface area contributed by atoms with Crippen molar-refractivity contribution in [2.45, 2.75) is 39.0 Å². The van der Waals surface area contributed by atoms with Crippen molar-refractivity contribution in [3.8, 4) is 0 Å². The number of nitrogens with zero attached hydrogens (tertiary/aromatic N) is 3. The number of carbonyl (C=O) groups is 2. The van der Waals surface area contributed by atoms with Crippen molar-refractivity contribution in [3.63, 3.8) is 0 Å². The molecule has 1 spiro atoms. The third-order valence-corrected chi connectivity index (χ3v) is 6.40. The van der Waals surface area contributed by atoms with E-state index in [1.807, 2.05) is 16.7 Å². The molecule has 2 fully saturated rings. The highest BCUT2D eigenvalue weighted by Crippen LogP contribution is 2.41. The van der Waals surface area contributed by atoms with Crippen LogP contribution in [0.15, 0.2) is 0 Å². The van der Waals surface area contributed by atoms with Gasteiger partial charge in [-0.3, -0.25) is 9.59 Å². The Morgan fingerprint density at radius 1 is 1.38 bits per heavy atom. The second-order valence-electron chi connectivity index (χ2n) is 7.18. The number of thiazole rings is 1. The van der Waals surface area contributed by atoms with Gasteiger partial charge in [-0.1, -0.05) is 18.3 Å². The van der Waals surface area contributed by atoms with E-state index in [1.165, 1.54) is 11.3 Å². The van der Waals surface area contributed by atoms with E-state index >= 15 is 0 Å². The Balaban J connectivity index is 1.70. The number of nitrogen functional groups attached to an aromatic ring is 1. The molecule has 3 heterocycles. The molecule has 2 N–H and O–H groups in total. The van der Waals surface area contributed by atoms with E-state index in [0.29, 0.717) is 36.1 Å². The van der Waals surface area contributed by atoms with E-state index in [4.69, 9.17) is 10.5 Å². The normalized spacial score (nSPS) is 23.2. The van der Waals surface area contributed by atoms with Crippen molar-refractivity contribution in [2.75, 3.05) is 45.6 Å². The molecule has 0 aliphatic carbocycles. The second-order valence-corrected chi connectivity index (χ2v) is 8.21. The van der Waals surface area contributed by atoms with Crippen LogP contribution in [-0.2, 0) is 16.0 Å². The van der Waals surface area contributed by atoms with Gasteiger partial charge in [0.1, 0.15) is 4.88 Å². The fourth-order valence-electron chi connectivity index (χ4n) is 4.11. The third kappa shape index (κ3) is 3.57. The molecule has 0 saturated carbocycles. The van der Waals surface area contributed by atoms with Gasteiger partial charge in [-0.05, 0) is 32.1 Å². The summed E-state index contributed by atoms with van der Waals surface area (Å²) in [4.78, 5) is 34.7. The Labute approximate surface area is 158 Å². The molecule has 2 aliphatic rings. The van der Waals surface area contributed by atoms with Gasteiger partial charge in [-0.15, -0.1) is 0 Å². The number of aromatic nitrogens is 1. The van der Waals surface area contributed by atoms with Crippen LogP contribution in [0.2, 0.25) is 0 Å². The first kappa shape index (κ1) is 19.1. The van der Waals surface area contributed by atoms with Gasteiger partial charge in [-0.25, -0.2) is 4.98 Å². The van der Waals surface area contributed by atoms with Gasteiger partial charge in [0, 0.05) is 39.9 Å². The molecule has 2 saturated heterocycles. The molecule has 1 unspecified atom stereocenters. The summed E-state index contributed by atoms with van der Waals surface area (Å²) in [5.41, 5.74) is 6.14. The molecule has 0 radical (unpaired) electrons. The summed E-state index contributed by atoms with van der Waals surface area (Å²) in [7, 11) is 1.68. The van der Waals surface area contributed by atoms with Crippen LogP contribution in [0.5, 0.6) is 0 Å². The number of rotatable bonds is 6. The standard InChI is InChI=1S/C18H28N4O3S/c1-3-13-14(26-17(19)20-13)15(23)22-10-7-18(12-22)6-4-8-21(16(18)24)9-5-11-25-2/h3-12H2,1-2H3,(H2,19,20). The number of methoxy groups -OCH3 is 1. The smallest absolute Gasteiger partial charge is 0.265 e. The van der Waals surface area contributed by atoms with E-state index in [0.717, 1.165) is 44.5 Å². The first-order chi connectivity index (χ1) is 12.5. The summed E-state index contributed by atoms with van der Waals surface area (Å²) < 4.78 is 5.10. The second kappa shape index (κ2) is 7.92. The Kier molecular flexibility index (Phi) is 5.82. The first-order valence-electron chi connectivity index (χ1n) is 9.33. The number of carbonyl (C=O) groups excluding carboxylic acids is 2. The molecule has 7 nitrogen and oxygen atoms in total. The number of nitrogens with two attached hydrogens (primary N) is 1. The fraction of sp³-hybridized carbons (Fsp3) is 0.722. The fourth-order valence-corrected chi connectivity index (χ4v) is 5.00. The molecule has 1 atom stereocenters. The monoisotopic (exact) mass is 380 g/mol. The SMILES string of the molecule is CCc1nc(N)sc1C(=O)N1CCC2(CCCN(CCCOC)C2=O)C1. The topological polar surface area (TPSA) is 88.8 Å². The molecule has 8 heteroatoms. The molecule has 2 aliphatic heterocycles. The zero-order chi connectivity index (χ0) is 18.7. The van der Waals surface area contributed by atoms with Crippen LogP contribution < -0.4 is 5.73 Å². The van der Waals surface area contributed by atoms with Gasteiger partial charge in [0.15, 0.2) is 5.13 Å². The van der Waals surface area contributed by atoms with Crippen LogP contribution in [0.4, 0.5) is 5.13 Å². The Morgan fingerprint density at radius 2 is 2.19 bits per heavy atom. The molecule has 1 aromatic heterocycles. The molecule has 2 amide bonds. The van der Waals surface area contributed by atoms with E-state index in [2.05, 4.69) is 4.98 Å². The number of likely N-dealkylation sites (tertiary alicyclic amines) is 2. The maximum atomic E-state index is 13.1. The number of aryl methyl sites for hydroxylation is 1. The van der Waals surface area contributed by atoms with E-state index < -0.39 is 5.41 Å². The summed E-state index contributed by atoms with van der Waals surface area (Å²) in [6.45, 7) is 5.30. The highest BCUT2D eigenvalue weighted by Gasteiger charge is 2.49.